The molecular formula is C22H16Cl2N2O2S. The lowest BCUT2D eigenvalue weighted by Gasteiger charge is -2.09. The van der Waals surface area contributed by atoms with Crippen LogP contribution < -0.4 is 0 Å². The minimum Gasteiger partial charge on any atom is -0.232 e. The molecule has 0 saturated heterocycles. The summed E-state index contributed by atoms with van der Waals surface area (Å²) in [6, 6.07) is 23.6. The van der Waals surface area contributed by atoms with E-state index in [4.69, 9.17) is 28.3 Å². The third kappa shape index (κ3) is 4.22. The van der Waals surface area contributed by atoms with Crippen LogP contribution in [0.2, 0.25) is 10.0 Å². The molecule has 4 aromatic rings. The van der Waals surface area contributed by atoms with Gasteiger partial charge < -0.3 is 0 Å². The zero-order valence-electron chi connectivity index (χ0n) is 15.4. The molecule has 3 aromatic carbocycles. The average molecular weight is 443 g/mol. The van der Waals surface area contributed by atoms with Crippen molar-refractivity contribution in [3.8, 4) is 28.2 Å². The smallest absolute Gasteiger partial charge is 0.175 e. The molecule has 0 radical (unpaired) electrons. The van der Waals surface area contributed by atoms with Gasteiger partial charge in [-0.2, -0.15) is 5.10 Å². The summed E-state index contributed by atoms with van der Waals surface area (Å²) in [6.45, 7) is 0. The van der Waals surface area contributed by atoms with Crippen molar-refractivity contribution in [3.05, 3.63) is 88.9 Å². The van der Waals surface area contributed by atoms with Crippen LogP contribution in [0.25, 0.3) is 28.2 Å². The lowest BCUT2D eigenvalue weighted by atomic mass is 10.1. The molecule has 0 atom stereocenters. The van der Waals surface area contributed by atoms with Gasteiger partial charge in [-0.25, -0.2) is 13.1 Å². The molecule has 0 fully saturated rings. The van der Waals surface area contributed by atoms with E-state index in [1.807, 2.05) is 54.6 Å². The molecule has 0 spiro atoms. The zero-order chi connectivity index (χ0) is 20.6. The Bertz CT molecular complexity index is 1280. The Balaban J connectivity index is 1.88. The van der Waals surface area contributed by atoms with Gasteiger partial charge in [-0.3, -0.25) is 0 Å². The Labute approximate surface area is 179 Å². The number of rotatable bonds is 4. The highest BCUT2D eigenvalue weighted by atomic mass is 35.5. The molecule has 1 heterocycles. The fourth-order valence-electron chi connectivity index (χ4n) is 3.03. The van der Waals surface area contributed by atoms with Crippen LogP contribution >= 0.6 is 23.2 Å². The molecule has 0 aliphatic carbocycles. The quantitative estimate of drug-likeness (QED) is 0.394. The summed E-state index contributed by atoms with van der Waals surface area (Å²) >= 11 is 12.2. The fraction of sp³-hybridized carbons (Fsp3) is 0.0455. The van der Waals surface area contributed by atoms with Crippen LogP contribution in [-0.4, -0.2) is 24.5 Å². The average Bonchev–Trinajstić information content (AvgIpc) is 3.13. The maximum absolute atomic E-state index is 11.8. The lowest BCUT2D eigenvalue weighted by molar-refractivity contribution is 0.602. The third-order valence-electron chi connectivity index (χ3n) is 4.48. The van der Waals surface area contributed by atoms with Crippen molar-refractivity contribution in [2.24, 2.45) is 0 Å². The number of nitrogens with zero attached hydrogens (tertiary/aromatic N) is 2. The van der Waals surface area contributed by atoms with E-state index < -0.39 is 9.84 Å². The molecule has 0 amide bonds. The molecule has 0 aliphatic heterocycles. The van der Waals surface area contributed by atoms with Crippen molar-refractivity contribution < 1.29 is 8.42 Å². The second-order valence-electron chi connectivity index (χ2n) is 6.61. The van der Waals surface area contributed by atoms with Crippen LogP contribution in [0, 0.1) is 0 Å². The summed E-state index contributed by atoms with van der Waals surface area (Å²) in [5, 5.41) is 6.03. The Morgan fingerprint density at radius 3 is 2.10 bits per heavy atom. The van der Waals surface area contributed by atoms with Gasteiger partial charge in [0.2, 0.25) is 0 Å². The Kier molecular flexibility index (Phi) is 5.21. The summed E-state index contributed by atoms with van der Waals surface area (Å²) in [4.78, 5) is 0.260. The Morgan fingerprint density at radius 2 is 1.48 bits per heavy atom. The largest absolute Gasteiger partial charge is 0.232 e. The second kappa shape index (κ2) is 7.67. The highest BCUT2D eigenvalue weighted by Crippen LogP contribution is 2.31. The maximum atomic E-state index is 11.8. The van der Waals surface area contributed by atoms with E-state index in [2.05, 4.69) is 0 Å². The summed E-state index contributed by atoms with van der Waals surface area (Å²) in [7, 11) is -3.27. The topological polar surface area (TPSA) is 52.0 Å². The van der Waals surface area contributed by atoms with Crippen LogP contribution in [-0.2, 0) is 9.84 Å². The molecule has 0 N–H and O–H groups in total. The van der Waals surface area contributed by atoms with Gasteiger partial charge in [-0.15, -0.1) is 0 Å². The van der Waals surface area contributed by atoms with Gasteiger partial charge in [0.15, 0.2) is 9.84 Å². The van der Waals surface area contributed by atoms with Crippen LogP contribution in [0.1, 0.15) is 0 Å². The van der Waals surface area contributed by atoms with Gasteiger partial charge in [0.25, 0.3) is 0 Å². The Hall–Kier alpha value is -2.60. The molecule has 146 valence electrons. The molecule has 4 nitrogen and oxygen atoms in total. The van der Waals surface area contributed by atoms with E-state index in [-0.39, 0.29) is 4.90 Å². The molecule has 0 aliphatic rings. The van der Waals surface area contributed by atoms with Crippen molar-refractivity contribution in [3.63, 3.8) is 0 Å². The van der Waals surface area contributed by atoms with Crippen molar-refractivity contribution >= 4 is 33.0 Å². The first-order valence-corrected chi connectivity index (χ1v) is 11.4. The molecule has 4 rings (SSSR count). The number of halogens is 2. The van der Waals surface area contributed by atoms with Gasteiger partial charge in [-0.1, -0.05) is 47.5 Å². The van der Waals surface area contributed by atoms with E-state index in [0.717, 1.165) is 28.2 Å². The highest BCUT2D eigenvalue weighted by molar-refractivity contribution is 7.90. The first-order chi connectivity index (χ1) is 13.8. The summed E-state index contributed by atoms with van der Waals surface area (Å²) in [5.74, 6) is 0. The number of sulfone groups is 1. The van der Waals surface area contributed by atoms with Crippen molar-refractivity contribution in [1.82, 2.24) is 9.78 Å². The third-order valence-corrected chi connectivity index (χ3v) is 6.09. The van der Waals surface area contributed by atoms with Crippen LogP contribution in [0.3, 0.4) is 0 Å². The lowest BCUT2D eigenvalue weighted by Crippen LogP contribution is -2.01. The van der Waals surface area contributed by atoms with Crippen LogP contribution in [0.4, 0.5) is 0 Å². The van der Waals surface area contributed by atoms with Gasteiger partial charge in [-0.05, 0) is 54.6 Å². The normalized spacial score (nSPS) is 11.6. The second-order valence-corrected chi connectivity index (χ2v) is 9.50. The van der Waals surface area contributed by atoms with Crippen molar-refractivity contribution in [2.75, 3.05) is 6.26 Å². The van der Waals surface area contributed by atoms with Crippen molar-refractivity contribution in [2.45, 2.75) is 4.90 Å². The van der Waals surface area contributed by atoms with Gasteiger partial charge in [0, 0.05) is 27.4 Å². The standard InChI is InChI=1S/C22H16Cl2N2O2S/c1-29(27,28)20-11-9-19(10-12-20)26-22(16-3-2-4-18(24)13-16)14-21(25-26)15-5-7-17(23)8-6-15/h2-14H,1H3. The van der Waals surface area contributed by atoms with E-state index in [1.54, 1.807) is 28.9 Å². The number of hydrogen-bond acceptors (Lipinski definition) is 3. The minimum atomic E-state index is -3.27. The van der Waals surface area contributed by atoms with E-state index in [0.29, 0.717) is 10.0 Å². The molecular weight excluding hydrogens is 427 g/mol. The SMILES string of the molecule is CS(=O)(=O)c1ccc(-n2nc(-c3ccc(Cl)cc3)cc2-c2cccc(Cl)c2)cc1. The molecule has 7 heteroatoms. The van der Waals surface area contributed by atoms with E-state index in [1.165, 1.54) is 6.26 Å². The zero-order valence-corrected chi connectivity index (χ0v) is 17.7. The molecule has 0 saturated carbocycles. The number of aromatic nitrogens is 2. The summed E-state index contributed by atoms with van der Waals surface area (Å²) in [6.07, 6.45) is 1.19. The summed E-state index contributed by atoms with van der Waals surface area (Å²) < 4.78 is 25.3. The predicted molar refractivity (Wildman–Crippen MR) is 118 cm³/mol. The van der Waals surface area contributed by atoms with Gasteiger partial charge in [0.05, 0.1) is 22.0 Å². The van der Waals surface area contributed by atoms with Crippen LogP contribution in [0.15, 0.2) is 83.8 Å². The fourth-order valence-corrected chi connectivity index (χ4v) is 3.97. The number of benzene rings is 3. The molecule has 0 unspecified atom stereocenters. The van der Waals surface area contributed by atoms with E-state index >= 15 is 0 Å². The molecule has 1 aromatic heterocycles. The maximum Gasteiger partial charge on any atom is 0.175 e. The number of hydrogen-bond donors (Lipinski definition) is 0. The highest BCUT2D eigenvalue weighted by Gasteiger charge is 2.15. The first kappa shape index (κ1) is 19.7. The minimum absolute atomic E-state index is 0.260. The monoisotopic (exact) mass is 442 g/mol. The first-order valence-electron chi connectivity index (χ1n) is 8.74. The molecule has 0 bridgehead atoms. The van der Waals surface area contributed by atoms with Gasteiger partial charge >= 0.3 is 0 Å². The summed E-state index contributed by atoms with van der Waals surface area (Å²) in [5.41, 5.74) is 4.17. The van der Waals surface area contributed by atoms with Crippen molar-refractivity contribution in [1.29, 1.82) is 0 Å². The van der Waals surface area contributed by atoms with Crippen LogP contribution in [0.5, 0.6) is 0 Å². The molecule has 29 heavy (non-hydrogen) atoms. The van der Waals surface area contributed by atoms with E-state index in [9.17, 15) is 8.42 Å². The Morgan fingerprint density at radius 1 is 0.793 bits per heavy atom. The van der Waals surface area contributed by atoms with Gasteiger partial charge in [0.1, 0.15) is 0 Å². The predicted octanol–water partition coefficient (Wildman–Crippen LogP) is 5.92.